The van der Waals surface area contributed by atoms with Crippen molar-refractivity contribution in [1.29, 1.82) is 0 Å². The minimum atomic E-state index is 0.210. The molecule has 0 saturated carbocycles. The van der Waals surface area contributed by atoms with E-state index in [1.807, 2.05) is 19.1 Å². The molecule has 3 rings (SSSR count). The summed E-state index contributed by atoms with van der Waals surface area (Å²) in [5.74, 6) is 1.68. The van der Waals surface area contributed by atoms with Gasteiger partial charge in [0.2, 0.25) is 0 Å². The fourth-order valence-corrected chi connectivity index (χ4v) is 3.23. The first-order valence-corrected chi connectivity index (χ1v) is 7.17. The molecule has 1 aromatic carbocycles. The monoisotopic (exact) mass is 285 g/mol. The maximum atomic E-state index is 9.88. The van der Waals surface area contributed by atoms with Crippen LogP contribution in [0.4, 0.5) is 11.5 Å². The second-order valence-corrected chi connectivity index (χ2v) is 5.93. The van der Waals surface area contributed by atoms with Gasteiger partial charge in [0.1, 0.15) is 22.2 Å². The van der Waals surface area contributed by atoms with Crippen molar-refractivity contribution in [1.82, 2.24) is 9.97 Å². The number of aromatic nitrogens is 2. The van der Waals surface area contributed by atoms with Gasteiger partial charge < -0.3 is 10.4 Å². The first-order chi connectivity index (χ1) is 9.56. The van der Waals surface area contributed by atoms with E-state index >= 15 is 0 Å². The van der Waals surface area contributed by atoms with Crippen LogP contribution < -0.4 is 5.32 Å². The maximum absolute atomic E-state index is 9.88. The average Bonchev–Trinajstić information content (AvgIpc) is 2.67. The highest BCUT2D eigenvalue weighted by Crippen LogP contribution is 2.35. The van der Waals surface area contributed by atoms with E-state index in [9.17, 15) is 5.11 Å². The Morgan fingerprint density at radius 3 is 2.60 bits per heavy atom. The zero-order chi connectivity index (χ0) is 14.3. The number of phenols is 1. The third kappa shape index (κ3) is 2.10. The predicted octanol–water partition coefficient (Wildman–Crippen LogP) is 4.07. The Balaban J connectivity index is 2.18. The smallest absolute Gasteiger partial charge is 0.143 e. The van der Waals surface area contributed by atoms with Gasteiger partial charge in [0, 0.05) is 4.88 Å². The summed E-state index contributed by atoms with van der Waals surface area (Å²) < 4.78 is 0. The molecule has 0 radical (unpaired) electrons. The highest BCUT2D eigenvalue weighted by atomic mass is 32.1. The molecule has 0 fully saturated rings. The van der Waals surface area contributed by atoms with Crippen molar-refractivity contribution in [2.24, 2.45) is 0 Å². The lowest BCUT2D eigenvalue weighted by molar-refractivity contribution is 0.477. The molecule has 5 heteroatoms. The van der Waals surface area contributed by atoms with Crippen LogP contribution >= 0.6 is 11.3 Å². The van der Waals surface area contributed by atoms with Gasteiger partial charge in [-0.15, -0.1) is 11.3 Å². The number of phenolic OH excluding ortho intramolecular Hbond substituents is 1. The van der Waals surface area contributed by atoms with Crippen molar-refractivity contribution in [2.75, 3.05) is 5.32 Å². The Hall–Kier alpha value is -2.14. The molecule has 0 bridgehead atoms. The lowest BCUT2D eigenvalue weighted by Crippen LogP contribution is -1.98. The molecule has 102 valence electrons. The molecule has 0 unspecified atom stereocenters. The molecule has 3 aromatic rings. The molecule has 2 aromatic heterocycles. The van der Waals surface area contributed by atoms with E-state index in [0.717, 1.165) is 21.9 Å². The summed E-state index contributed by atoms with van der Waals surface area (Å²) >= 11 is 1.67. The molecule has 0 aliphatic heterocycles. The standard InChI is InChI=1S/C15H15N3OS/c1-8-9(2)20-15-13(8)14(16-10(3)17-15)18-11-6-4-5-7-12(11)19/h4-7,19H,1-3H3,(H,16,17,18). The fraction of sp³-hybridized carbons (Fsp3) is 0.200. The van der Waals surface area contributed by atoms with E-state index in [2.05, 4.69) is 29.1 Å². The number of fused-ring (bicyclic) bond motifs is 1. The van der Waals surface area contributed by atoms with Gasteiger partial charge in [0.05, 0.1) is 11.1 Å². The number of rotatable bonds is 2. The Labute approximate surface area is 121 Å². The van der Waals surface area contributed by atoms with Crippen LogP contribution in [0, 0.1) is 20.8 Å². The van der Waals surface area contributed by atoms with Crippen molar-refractivity contribution in [3.05, 3.63) is 40.5 Å². The number of thiophene rings is 1. The van der Waals surface area contributed by atoms with Gasteiger partial charge in [-0.3, -0.25) is 0 Å². The number of anilines is 2. The largest absolute Gasteiger partial charge is 0.506 e. The number of aryl methyl sites for hydroxylation is 3. The zero-order valence-corrected chi connectivity index (χ0v) is 12.4. The quantitative estimate of drug-likeness (QED) is 0.697. The third-order valence-corrected chi connectivity index (χ3v) is 4.40. The van der Waals surface area contributed by atoms with E-state index in [1.165, 1.54) is 10.4 Å². The SMILES string of the molecule is Cc1nc(Nc2ccccc2O)c2c(C)c(C)sc2n1. The van der Waals surface area contributed by atoms with Crippen molar-refractivity contribution >= 4 is 33.1 Å². The van der Waals surface area contributed by atoms with Gasteiger partial charge in [-0.2, -0.15) is 0 Å². The molecule has 4 nitrogen and oxygen atoms in total. The van der Waals surface area contributed by atoms with E-state index in [4.69, 9.17) is 0 Å². The van der Waals surface area contributed by atoms with E-state index in [1.54, 1.807) is 23.5 Å². The van der Waals surface area contributed by atoms with Crippen LogP contribution in [-0.4, -0.2) is 15.1 Å². The molecule has 0 aliphatic rings. The molecule has 0 atom stereocenters. The van der Waals surface area contributed by atoms with Crippen molar-refractivity contribution in [2.45, 2.75) is 20.8 Å². The average molecular weight is 285 g/mol. The van der Waals surface area contributed by atoms with E-state index < -0.39 is 0 Å². The minimum Gasteiger partial charge on any atom is -0.506 e. The van der Waals surface area contributed by atoms with Crippen LogP contribution in [0.3, 0.4) is 0 Å². The maximum Gasteiger partial charge on any atom is 0.143 e. The van der Waals surface area contributed by atoms with Crippen LogP contribution in [0.5, 0.6) is 5.75 Å². The summed E-state index contributed by atoms with van der Waals surface area (Å²) in [4.78, 5) is 11.2. The first kappa shape index (κ1) is 12.9. The van der Waals surface area contributed by atoms with Gasteiger partial charge in [-0.05, 0) is 38.5 Å². The predicted molar refractivity (Wildman–Crippen MR) is 83.0 cm³/mol. The second-order valence-electron chi connectivity index (χ2n) is 4.72. The Kier molecular flexibility index (Phi) is 3.06. The molecule has 2 heterocycles. The topological polar surface area (TPSA) is 58.0 Å². The van der Waals surface area contributed by atoms with Crippen LogP contribution in [0.25, 0.3) is 10.2 Å². The van der Waals surface area contributed by atoms with Gasteiger partial charge in [0.15, 0.2) is 0 Å². The first-order valence-electron chi connectivity index (χ1n) is 6.35. The van der Waals surface area contributed by atoms with Crippen molar-refractivity contribution in [3.8, 4) is 5.75 Å². The number of hydrogen-bond donors (Lipinski definition) is 2. The molecule has 0 aliphatic carbocycles. The second kappa shape index (κ2) is 4.76. The summed E-state index contributed by atoms with van der Waals surface area (Å²) in [6, 6.07) is 7.15. The van der Waals surface area contributed by atoms with Crippen LogP contribution in [0.1, 0.15) is 16.3 Å². The summed E-state index contributed by atoms with van der Waals surface area (Å²) in [5, 5.41) is 14.1. The summed E-state index contributed by atoms with van der Waals surface area (Å²) in [6.07, 6.45) is 0. The molecule has 0 amide bonds. The molecule has 0 saturated heterocycles. The highest BCUT2D eigenvalue weighted by Gasteiger charge is 2.14. The lowest BCUT2D eigenvalue weighted by atomic mass is 10.2. The molecular weight excluding hydrogens is 270 g/mol. The number of hydrogen-bond acceptors (Lipinski definition) is 5. The fourth-order valence-electron chi connectivity index (χ4n) is 2.15. The van der Waals surface area contributed by atoms with Crippen molar-refractivity contribution in [3.63, 3.8) is 0 Å². The van der Waals surface area contributed by atoms with E-state index in [0.29, 0.717) is 5.69 Å². The van der Waals surface area contributed by atoms with Crippen molar-refractivity contribution < 1.29 is 5.11 Å². The number of nitrogens with zero attached hydrogens (tertiary/aromatic N) is 2. The van der Waals surface area contributed by atoms with Crippen LogP contribution in [0.15, 0.2) is 24.3 Å². The van der Waals surface area contributed by atoms with Crippen LogP contribution in [-0.2, 0) is 0 Å². The summed E-state index contributed by atoms with van der Waals surface area (Å²) in [5.41, 5.74) is 1.83. The zero-order valence-electron chi connectivity index (χ0n) is 11.6. The molecule has 0 spiro atoms. The molecular formula is C15H15N3OS. The van der Waals surface area contributed by atoms with Gasteiger partial charge in [-0.25, -0.2) is 9.97 Å². The van der Waals surface area contributed by atoms with Gasteiger partial charge in [-0.1, -0.05) is 12.1 Å². The van der Waals surface area contributed by atoms with Gasteiger partial charge in [0.25, 0.3) is 0 Å². The number of benzene rings is 1. The Morgan fingerprint density at radius 2 is 1.85 bits per heavy atom. The minimum absolute atomic E-state index is 0.210. The Morgan fingerprint density at radius 1 is 1.10 bits per heavy atom. The third-order valence-electron chi connectivity index (χ3n) is 3.30. The lowest BCUT2D eigenvalue weighted by Gasteiger charge is -2.09. The summed E-state index contributed by atoms with van der Waals surface area (Å²) in [6.45, 7) is 6.03. The number of nitrogens with one attached hydrogen (secondary N) is 1. The normalized spacial score (nSPS) is 10.9. The van der Waals surface area contributed by atoms with E-state index in [-0.39, 0.29) is 5.75 Å². The number of para-hydroxylation sites is 2. The van der Waals surface area contributed by atoms with Crippen LogP contribution in [0.2, 0.25) is 0 Å². The molecule has 2 N–H and O–H groups in total. The number of aromatic hydroxyl groups is 1. The Bertz CT molecular complexity index is 795. The molecule has 20 heavy (non-hydrogen) atoms. The summed E-state index contributed by atoms with van der Waals surface area (Å²) in [7, 11) is 0. The highest BCUT2D eigenvalue weighted by molar-refractivity contribution is 7.18. The van der Waals surface area contributed by atoms with Gasteiger partial charge >= 0.3 is 0 Å².